The van der Waals surface area contributed by atoms with Crippen molar-refractivity contribution >= 4 is 5.91 Å². The molecule has 1 unspecified atom stereocenters. The van der Waals surface area contributed by atoms with Gasteiger partial charge in [-0.05, 0) is 67.7 Å². The monoisotopic (exact) mass is 287 g/mol. The Morgan fingerprint density at radius 2 is 2.05 bits per heavy atom. The van der Waals surface area contributed by atoms with Crippen LogP contribution in [0.4, 0.5) is 0 Å². The molecule has 1 aliphatic carbocycles. The van der Waals surface area contributed by atoms with Crippen molar-refractivity contribution in [3.05, 3.63) is 29.3 Å². The first-order valence-corrected chi connectivity index (χ1v) is 8.25. The van der Waals surface area contributed by atoms with Gasteiger partial charge < -0.3 is 9.64 Å². The molecule has 1 aliphatic heterocycles. The third-order valence-corrected chi connectivity index (χ3v) is 4.69. The van der Waals surface area contributed by atoms with Gasteiger partial charge in [-0.2, -0.15) is 0 Å². The molecule has 0 aromatic heterocycles. The first kappa shape index (κ1) is 14.4. The molecule has 3 nitrogen and oxygen atoms in total. The molecule has 1 heterocycles. The van der Waals surface area contributed by atoms with Crippen molar-refractivity contribution in [2.75, 3.05) is 19.7 Å². The molecule has 1 amide bonds. The SMILES string of the molecule is CC1CCCN(C(=O)COc2ccc3c(c2)CCCC3)C1. The highest BCUT2D eigenvalue weighted by atomic mass is 16.5. The fourth-order valence-electron chi connectivity index (χ4n) is 3.45. The van der Waals surface area contributed by atoms with Crippen LogP contribution in [0.15, 0.2) is 18.2 Å². The van der Waals surface area contributed by atoms with Crippen molar-refractivity contribution in [1.82, 2.24) is 4.90 Å². The molecule has 0 N–H and O–H groups in total. The van der Waals surface area contributed by atoms with Crippen molar-refractivity contribution in [2.45, 2.75) is 45.4 Å². The van der Waals surface area contributed by atoms with Gasteiger partial charge in [-0.25, -0.2) is 0 Å². The molecular weight excluding hydrogens is 262 g/mol. The van der Waals surface area contributed by atoms with E-state index in [0.29, 0.717) is 5.92 Å². The topological polar surface area (TPSA) is 29.5 Å². The molecule has 1 aromatic rings. The molecule has 1 atom stereocenters. The summed E-state index contributed by atoms with van der Waals surface area (Å²) >= 11 is 0. The lowest BCUT2D eigenvalue weighted by atomic mass is 9.92. The number of nitrogens with zero attached hydrogens (tertiary/aromatic N) is 1. The zero-order valence-corrected chi connectivity index (χ0v) is 12.9. The molecule has 2 aliphatic rings. The number of fused-ring (bicyclic) bond motifs is 1. The quantitative estimate of drug-likeness (QED) is 0.854. The van der Waals surface area contributed by atoms with Gasteiger partial charge in [-0.1, -0.05) is 13.0 Å². The second kappa shape index (κ2) is 6.50. The van der Waals surface area contributed by atoms with Crippen molar-refractivity contribution in [2.24, 2.45) is 5.92 Å². The van der Waals surface area contributed by atoms with Gasteiger partial charge >= 0.3 is 0 Å². The van der Waals surface area contributed by atoms with Crippen molar-refractivity contribution in [1.29, 1.82) is 0 Å². The number of piperidine rings is 1. The minimum absolute atomic E-state index is 0.124. The first-order valence-electron chi connectivity index (χ1n) is 8.25. The lowest BCUT2D eigenvalue weighted by Gasteiger charge is -2.30. The summed E-state index contributed by atoms with van der Waals surface area (Å²) in [6.07, 6.45) is 7.23. The standard InChI is InChI=1S/C18H25NO2/c1-14-5-4-10-19(12-14)18(20)13-21-17-9-8-15-6-2-3-7-16(15)11-17/h8-9,11,14H,2-7,10,12-13H2,1H3. The number of hydrogen-bond donors (Lipinski definition) is 0. The van der Waals surface area contributed by atoms with Crippen molar-refractivity contribution in [3.63, 3.8) is 0 Å². The van der Waals surface area contributed by atoms with Crippen LogP contribution in [-0.2, 0) is 17.6 Å². The number of hydrogen-bond acceptors (Lipinski definition) is 2. The van der Waals surface area contributed by atoms with Crippen molar-refractivity contribution < 1.29 is 9.53 Å². The summed E-state index contributed by atoms with van der Waals surface area (Å²) in [5.41, 5.74) is 2.85. The molecule has 21 heavy (non-hydrogen) atoms. The fraction of sp³-hybridized carbons (Fsp3) is 0.611. The minimum atomic E-state index is 0.124. The summed E-state index contributed by atoms with van der Waals surface area (Å²) in [6, 6.07) is 6.30. The van der Waals surface area contributed by atoms with Crippen LogP contribution < -0.4 is 4.74 Å². The summed E-state index contributed by atoms with van der Waals surface area (Å²) in [4.78, 5) is 14.2. The number of aryl methyl sites for hydroxylation is 2. The Hall–Kier alpha value is -1.51. The Bertz CT molecular complexity index is 512. The largest absolute Gasteiger partial charge is 0.484 e. The van der Waals surface area contributed by atoms with E-state index in [1.807, 2.05) is 11.0 Å². The van der Waals surface area contributed by atoms with Crippen LogP contribution in [-0.4, -0.2) is 30.5 Å². The zero-order valence-electron chi connectivity index (χ0n) is 12.9. The van der Waals surface area contributed by atoms with Gasteiger partial charge in [0.2, 0.25) is 0 Å². The predicted octanol–water partition coefficient (Wildman–Crippen LogP) is 3.20. The number of amides is 1. The number of likely N-dealkylation sites (tertiary alicyclic amines) is 1. The normalized spacial score (nSPS) is 21.8. The molecule has 114 valence electrons. The first-order chi connectivity index (χ1) is 10.2. The summed E-state index contributed by atoms with van der Waals surface area (Å²) in [7, 11) is 0. The Balaban J connectivity index is 1.56. The molecule has 0 bridgehead atoms. The van der Waals surface area contributed by atoms with Crippen LogP contribution in [0.2, 0.25) is 0 Å². The molecule has 0 saturated carbocycles. The summed E-state index contributed by atoms with van der Waals surface area (Å²) in [5, 5.41) is 0. The molecule has 0 spiro atoms. The maximum Gasteiger partial charge on any atom is 0.260 e. The van der Waals surface area contributed by atoms with Gasteiger partial charge in [-0.15, -0.1) is 0 Å². The summed E-state index contributed by atoms with van der Waals surface area (Å²) < 4.78 is 5.73. The lowest BCUT2D eigenvalue weighted by molar-refractivity contribution is -0.135. The van der Waals surface area contributed by atoms with Crippen LogP contribution in [0.3, 0.4) is 0 Å². The molecule has 1 aromatic carbocycles. The van der Waals surface area contributed by atoms with E-state index in [2.05, 4.69) is 19.1 Å². The molecule has 1 saturated heterocycles. The van der Waals surface area contributed by atoms with Crippen LogP contribution in [0.1, 0.15) is 43.7 Å². The summed E-state index contributed by atoms with van der Waals surface area (Å²) in [6.45, 7) is 4.15. The van der Waals surface area contributed by atoms with Crippen molar-refractivity contribution in [3.8, 4) is 5.75 Å². The third-order valence-electron chi connectivity index (χ3n) is 4.69. The molecular formula is C18H25NO2. The fourth-order valence-corrected chi connectivity index (χ4v) is 3.45. The smallest absolute Gasteiger partial charge is 0.260 e. The van der Waals surface area contributed by atoms with Crippen LogP contribution >= 0.6 is 0 Å². The average molecular weight is 287 g/mol. The Labute approximate surface area is 127 Å². The highest BCUT2D eigenvalue weighted by Crippen LogP contribution is 2.25. The highest BCUT2D eigenvalue weighted by Gasteiger charge is 2.21. The number of carbonyl (C=O) groups excluding carboxylic acids is 1. The van der Waals surface area contributed by atoms with Crippen LogP contribution in [0.5, 0.6) is 5.75 Å². The van der Waals surface area contributed by atoms with Gasteiger partial charge in [0, 0.05) is 13.1 Å². The van der Waals surface area contributed by atoms with Crippen LogP contribution in [0, 0.1) is 5.92 Å². The van der Waals surface area contributed by atoms with Gasteiger partial charge in [0.15, 0.2) is 6.61 Å². The number of rotatable bonds is 3. The average Bonchev–Trinajstić information content (AvgIpc) is 2.52. The highest BCUT2D eigenvalue weighted by molar-refractivity contribution is 5.77. The van der Waals surface area contributed by atoms with E-state index in [-0.39, 0.29) is 12.5 Å². The maximum absolute atomic E-state index is 12.2. The van der Waals surface area contributed by atoms with Gasteiger partial charge in [0.1, 0.15) is 5.75 Å². The Kier molecular flexibility index (Phi) is 4.47. The second-order valence-corrected chi connectivity index (χ2v) is 6.51. The Morgan fingerprint density at radius 1 is 1.24 bits per heavy atom. The van der Waals surface area contributed by atoms with Crippen LogP contribution in [0.25, 0.3) is 0 Å². The zero-order chi connectivity index (χ0) is 14.7. The Morgan fingerprint density at radius 3 is 2.86 bits per heavy atom. The summed E-state index contributed by atoms with van der Waals surface area (Å²) in [5.74, 6) is 1.58. The van der Waals surface area contributed by atoms with E-state index in [1.54, 1.807) is 0 Å². The van der Waals surface area contributed by atoms with Gasteiger partial charge in [0.25, 0.3) is 5.91 Å². The maximum atomic E-state index is 12.2. The van der Waals surface area contributed by atoms with E-state index >= 15 is 0 Å². The predicted molar refractivity (Wildman–Crippen MR) is 83.6 cm³/mol. The van der Waals surface area contributed by atoms with E-state index in [9.17, 15) is 4.79 Å². The third kappa shape index (κ3) is 3.58. The van der Waals surface area contributed by atoms with E-state index in [1.165, 1.54) is 36.8 Å². The molecule has 0 radical (unpaired) electrons. The van der Waals surface area contributed by atoms with Gasteiger partial charge in [-0.3, -0.25) is 4.79 Å². The number of benzene rings is 1. The second-order valence-electron chi connectivity index (χ2n) is 6.51. The van der Waals surface area contributed by atoms with E-state index in [0.717, 1.165) is 31.7 Å². The van der Waals surface area contributed by atoms with E-state index in [4.69, 9.17) is 4.74 Å². The molecule has 3 rings (SSSR count). The van der Waals surface area contributed by atoms with Gasteiger partial charge in [0.05, 0.1) is 0 Å². The number of ether oxygens (including phenoxy) is 1. The lowest BCUT2D eigenvalue weighted by Crippen LogP contribution is -2.41. The molecule has 3 heteroatoms. The molecule has 1 fully saturated rings. The number of carbonyl (C=O) groups is 1. The van der Waals surface area contributed by atoms with E-state index < -0.39 is 0 Å². The minimum Gasteiger partial charge on any atom is -0.484 e.